The highest BCUT2D eigenvalue weighted by Crippen LogP contribution is 2.36. The molecule has 1 heterocycles. The molecular weight excluding hydrogens is 462 g/mol. The third-order valence-corrected chi connectivity index (χ3v) is 7.70. The molecule has 1 aliphatic rings. The Hall–Kier alpha value is -3.18. The van der Waals surface area contributed by atoms with Gasteiger partial charge in [0.15, 0.2) is 11.6 Å². The molecule has 37 heavy (non-hydrogen) atoms. The number of aryl methyl sites for hydroxylation is 1. The van der Waals surface area contributed by atoms with Crippen molar-refractivity contribution in [3.63, 3.8) is 0 Å². The van der Waals surface area contributed by atoms with Crippen LogP contribution in [0.15, 0.2) is 48.0 Å². The Morgan fingerprint density at radius 2 is 1.78 bits per heavy atom. The third kappa shape index (κ3) is 6.04. The van der Waals surface area contributed by atoms with E-state index in [4.69, 9.17) is 4.74 Å². The average molecular weight is 502 g/mol. The molecular formula is C32H39NO4. The number of ketones is 2. The number of phenols is 1. The number of Topliss-reactive ketones (excluding diaryl/α,β-unsaturated/α-hetero) is 1. The fourth-order valence-electron chi connectivity index (χ4n) is 5.58. The van der Waals surface area contributed by atoms with Crippen LogP contribution in [-0.4, -0.2) is 35.0 Å². The summed E-state index contributed by atoms with van der Waals surface area (Å²) in [6, 6.07) is 12.2. The van der Waals surface area contributed by atoms with Crippen molar-refractivity contribution in [3.05, 3.63) is 70.4 Å². The van der Waals surface area contributed by atoms with E-state index in [2.05, 4.69) is 24.5 Å². The molecule has 2 aromatic carbocycles. The van der Waals surface area contributed by atoms with Gasteiger partial charge in [-0.3, -0.25) is 9.59 Å². The van der Waals surface area contributed by atoms with E-state index in [0.717, 1.165) is 67.1 Å². The molecule has 0 saturated heterocycles. The number of hydrogen-bond donors (Lipinski definition) is 1. The first-order valence-corrected chi connectivity index (χ1v) is 13.7. The molecule has 1 aliphatic carbocycles. The number of carbonyl (C=O) groups is 2. The molecule has 0 aliphatic heterocycles. The van der Waals surface area contributed by atoms with Gasteiger partial charge in [-0.25, -0.2) is 0 Å². The Kier molecular flexibility index (Phi) is 8.99. The lowest BCUT2D eigenvalue weighted by molar-refractivity contribution is -0.116. The maximum absolute atomic E-state index is 13.2. The van der Waals surface area contributed by atoms with Crippen LogP contribution in [0.4, 0.5) is 0 Å². The summed E-state index contributed by atoms with van der Waals surface area (Å²) in [5.41, 5.74) is 5.44. The Labute approximate surface area is 220 Å². The topological polar surface area (TPSA) is 68.5 Å². The monoisotopic (exact) mass is 501 g/mol. The number of hydrogen-bond acceptors (Lipinski definition) is 4. The molecule has 0 bridgehead atoms. The Morgan fingerprint density at radius 3 is 2.49 bits per heavy atom. The third-order valence-electron chi connectivity index (χ3n) is 7.70. The minimum atomic E-state index is -0.0830. The van der Waals surface area contributed by atoms with Gasteiger partial charge < -0.3 is 14.4 Å². The molecule has 5 heteroatoms. The van der Waals surface area contributed by atoms with Crippen molar-refractivity contribution in [3.8, 4) is 5.75 Å². The number of phenolic OH excluding ortho intramolecular Hbond substituents is 1. The number of aromatic nitrogens is 1. The lowest BCUT2D eigenvalue weighted by Crippen LogP contribution is -2.13. The van der Waals surface area contributed by atoms with Crippen LogP contribution in [0.5, 0.6) is 5.75 Å². The molecule has 0 spiro atoms. The van der Waals surface area contributed by atoms with Crippen LogP contribution < -0.4 is 0 Å². The van der Waals surface area contributed by atoms with E-state index >= 15 is 0 Å². The summed E-state index contributed by atoms with van der Waals surface area (Å²) in [5.74, 6) is 0.929. The van der Waals surface area contributed by atoms with Crippen LogP contribution in [0.1, 0.15) is 86.0 Å². The van der Waals surface area contributed by atoms with Crippen LogP contribution in [0.25, 0.3) is 17.0 Å². The molecule has 4 rings (SSSR count). The first kappa shape index (κ1) is 26.9. The van der Waals surface area contributed by atoms with E-state index in [0.29, 0.717) is 30.1 Å². The van der Waals surface area contributed by atoms with Gasteiger partial charge in [-0.15, -0.1) is 0 Å². The van der Waals surface area contributed by atoms with Crippen LogP contribution in [0.3, 0.4) is 0 Å². The number of ether oxygens (including phenoxy) is 1. The summed E-state index contributed by atoms with van der Waals surface area (Å²) in [5, 5.41) is 10.6. The highest BCUT2D eigenvalue weighted by atomic mass is 16.5. The van der Waals surface area contributed by atoms with Crippen molar-refractivity contribution in [2.24, 2.45) is 5.92 Å². The van der Waals surface area contributed by atoms with Crippen molar-refractivity contribution in [2.45, 2.75) is 71.8 Å². The van der Waals surface area contributed by atoms with E-state index < -0.39 is 0 Å². The molecule has 0 saturated carbocycles. The zero-order valence-corrected chi connectivity index (χ0v) is 22.4. The zero-order chi connectivity index (χ0) is 26.4. The predicted octanol–water partition coefficient (Wildman–Crippen LogP) is 7.12. The fraction of sp³-hybridized carbons (Fsp3) is 0.438. The molecule has 1 N–H and O–H groups in total. The lowest BCUT2D eigenvalue weighted by Gasteiger charge is -2.18. The van der Waals surface area contributed by atoms with Gasteiger partial charge in [0.2, 0.25) is 0 Å². The van der Waals surface area contributed by atoms with Crippen LogP contribution in [-0.2, 0) is 22.5 Å². The maximum atomic E-state index is 13.2. The van der Waals surface area contributed by atoms with Crippen molar-refractivity contribution in [2.75, 3.05) is 13.7 Å². The molecule has 1 aromatic heterocycles. The van der Waals surface area contributed by atoms with Crippen LogP contribution in [0.2, 0.25) is 0 Å². The molecule has 0 fully saturated rings. The summed E-state index contributed by atoms with van der Waals surface area (Å²) >= 11 is 0. The summed E-state index contributed by atoms with van der Waals surface area (Å²) in [6.45, 7) is 5.93. The van der Waals surface area contributed by atoms with Crippen LogP contribution >= 0.6 is 0 Å². The van der Waals surface area contributed by atoms with Gasteiger partial charge >= 0.3 is 0 Å². The largest absolute Gasteiger partial charge is 0.508 e. The SMILES string of the molecule is CCCC(CC)CCC(=O)C1=Cc2c(n(CCCOC)c3ccc(C(=O)c4ccc(O)cc4)cc23)CC1. The predicted molar refractivity (Wildman–Crippen MR) is 149 cm³/mol. The van der Waals surface area contributed by atoms with Crippen molar-refractivity contribution in [1.29, 1.82) is 0 Å². The molecule has 0 amide bonds. The van der Waals surface area contributed by atoms with E-state index in [-0.39, 0.29) is 17.3 Å². The second-order valence-corrected chi connectivity index (χ2v) is 10.2. The molecule has 1 atom stereocenters. The zero-order valence-electron chi connectivity index (χ0n) is 22.4. The van der Waals surface area contributed by atoms with Gasteiger partial charge in [0.05, 0.1) is 0 Å². The summed E-state index contributed by atoms with van der Waals surface area (Å²) < 4.78 is 7.63. The van der Waals surface area contributed by atoms with E-state index in [1.54, 1.807) is 19.2 Å². The first-order valence-electron chi connectivity index (χ1n) is 13.7. The number of carbonyl (C=O) groups excluding carboxylic acids is 2. The Bertz CT molecular complexity index is 1280. The van der Waals surface area contributed by atoms with Gasteiger partial charge in [0, 0.05) is 60.0 Å². The van der Waals surface area contributed by atoms with E-state index in [1.807, 2.05) is 18.2 Å². The summed E-state index contributed by atoms with van der Waals surface area (Å²) in [7, 11) is 1.72. The maximum Gasteiger partial charge on any atom is 0.193 e. The molecule has 196 valence electrons. The van der Waals surface area contributed by atoms with Crippen molar-refractivity contribution < 1.29 is 19.4 Å². The van der Waals surface area contributed by atoms with Crippen molar-refractivity contribution in [1.82, 2.24) is 4.57 Å². The average Bonchev–Trinajstić information content (AvgIpc) is 3.23. The standard InChI is InChI=1S/C32H39NO4/c1-4-7-22(5-2)8-17-31(35)24-11-15-29-27(20-24)28-21-25(32(36)23-9-13-26(34)14-10-23)12-16-30(28)33(29)18-6-19-37-3/h9-10,12-14,16,20-22,34H,4-8,11,15,17-19H2,1-3H3. The highest BCUT2D eigenvalue weighted by Gasteiger charge is 2.24. The molecule has 5 nitrogen and oxygen atoms in total. The van der Waals surface area contributed by atoms with Crippen LogP contribution in [0, 0.1) is 5.92 Å². The van der Waals surface area contributed by atoms with Crippen molar-refractivity contribution >= 4 is 28.5 Å². The number of aromatic hydroxyl groups is 1. The molecule has 0 radical (unpaired) electrons. The smallest absolute Gasteiger partial charge is 0.193 e. The first-order chi connectivity index (χ1) is 18.0. The fourth-order valence-corrected chi connectivity index (χ4v) is 5.58. The van der Waals surface area contributed by atoms with E-state index in [1.165, 1.54) is 24.2 Å². The Balaban J connectivity index is 1.69. The second-order valence-electron chi connectivity index (χ2n) is 10.2. The molecule has 3 aromatic rings. The molecule has 1 unspecified atom stereocenters. The van der Waals surface area contributed by atoms with E-state index in [9.17, 15) is 14.7 Å². The second kappa shape index (κ2) is 12.4. The number of allylic oxidation sites excluding steroid dienone is 1. The van der Waals surface area contributed by atoms with Gasteiger partial charge in [0.1, 0.15) is 5.75 Å². The summed E-state index contributed by atoms with van der Waals surface area (Å²) in [6.07, 6.45) is 9.59. The number of nitrogens with zero attached hydrogens (tertiary/aromatic N) is 1. The normalized spacial score (nSPS) is 13.9. The minimum absolute atomic E-state index is 0.0830. The number of rotatable bonds is 13. The summed E-state index contributed by atoms with van der Waals surface area (Å²) in [4.78, 5) is 26.4. The van der Waals surface area contributed by atoms with Gasteiger partial charge in [0.25, 0.3) is 0 Å². The minimum Gasteiger partial charge on any atom is -0.508 e. The quantitative estimate of drug-likeness (QED) is 0.200. The van der Waals surface area contributed by atoms with Gasteiger partial charge in [-0.1, -0.05) is 33.1 Å². The van der Waals surface area contributed by atoms with Gasteiger partial charge in [-0.05, 0) is 85.7 Å². The van der Waals surface area contributed by atoms with Gasteiger partial charge in [-0.2, -0.15) is 0 Å². The highest BCUT2D eigenvalue weighted by molar-refractivity contribution is 6.12. The number of methoxy groups -OCH3 is 1. The Morgan fingerprint density at radius 1 is 1.03 bits per heavy atom. The number of benzene rings is 2. The lowest BCUT2D eigenvalue weighted by atomic mass is 9.88. The number of fused-ring (bicyclic) bond motifs is 3.